The highest BCUT2D eigenvalue weighted by molar-refractivity contribution is 5.80. The first-order chi connectivity index (χ1) is 12.7. The molecule has 0 saturated carbocycles. The number of likely N-dealkylation sites (tertiary alicyclic amines) is 2. The molecule has 5 heteroatoms. The quantitative estimate of drug-likeness (QED) is 0.753. The Labute approximate surface area is 156 Å². The van der Waals surface area contributed by atoms with Crippen LogP contribution in [0.1, 0.15) is 44.1 Å². The molecule has 5 nitrogen and oxygen atoms in total. The van der Waals surface area contributed by atoms with Crippen LogP contribution in [0.4, 0.5) is 0 Å². The molecular weight excluding hydrogens is 328 g/mol. The number of ether oxygens (including phenoxy) is 1. The van der Waals surface area contributed by atoms with Crippen LogP contribution in [0, 0.1) is 5.92 Å². The standard InChI is InChI=1S/C21H30N2O3/c1-26-19-10-8-17(9-11-19)6-7-18-4-2-14-23(16-18)21(25)12-15-22-13-3-5-20(22)24/h8-11,18H,2-7,12-16H2,1H3. The number of carbonyl (C=O) groups excluding carboxylic acids is 2. The van der Waals surface area contributed by atoms with Gasteiger partial charge in [0.25, 0.3) is 0 Å². The molecule has 1 aromatic rings. The lowest BCUT2D eigenvalue weighted by Gasteiger charge is -2.33. The molecule has 1 atom stereocenters. The second-order valence-corrected chi connectivity index (χ2v) is 7.47. The molecular formula is C21H30N2O3. The van der Waals surface area contributed by atoms with Gasteiger partial charge < -0.3 is 14.5 Å². The van der Waals surface area contributed by atoms with Gasteiger partial charge in [-0.3, -0.25) is 9.59 Å². The molecule has 2 amide bonds. The Bertz CT molecular complexity index is 614. The van der Waals surface area contributed by atoms with Crippen molar-refractivity contribution in [1.29, 1.82) is 0 Å². The summed E-state index contributed by atoms with van der Waals surface area (Å²) in [6.07, 6.45) is 6.48. The number of rotatable bonds is 7. The van der Waals surface area contributed by atoms with Crippen molar-refractivity contribution < 1.29 is 14.3 Å². The first-order valence-corrected chi connectivity index (χ1v) is 9.84. The molecule has 2 heterocycles. The molecule has 0 radical (unpaired) electrons. The summed E-state index contributed by atoms with van der Waals surface area (Å²) in [4.78, 5) is 28.0. The first kappa shape index (κ1) is 18.7. The van der Waals surface area contributed by atoms with Gasteiger partial charge >= 0.3 is 0 Å². The summed E-state index contributed by atoms with van der Waals surface area (Å²) in [5, 5.41) is 0. The number of piperidine rings is 1. The fraction of sp³-hybridized carbons (Fsp3) is 0.619. The summed E-state index contributed by atoms with van der Waals surface area (Å²) < 4.78 is 5.20. The summed E-state index contributed by atoms with van der Waals surface area (Å²) in [5.41, 5.74) is 1.32. The third-order valence-electron chi connectivity index (χ3n) is 5.64. The number of methoxy groups -OCH3 is 1. The Morgan fingerprint density at radius 1 is 1.19 bits per heavy atom. The van der Waals surface area contributed by atoms with Crippen LogP contribution >= 0.6 is 0 Å². The Morgan fingerprint density at radius 3 is 2.69 bits per heavy atom. The number of nitrogens with zero attached hydrogens (tertiary/aromatic N) is 2. The SMILES string of the molecule is COc1ccc(CCC2CCCN(C(=O)CCN3CCCC3=O)C2)cc1. The maximum atomic E-state index is 12.5. The maximum absolute atomic E-state index is 12.5. The van der Waals surface area contributed by atoms with E-state index in [1.807, 2.05) is 21.9 Å². The molecule has 0 spiro atoms. The number of hydrogen-bond donors (Lipinski definition) is 0. The number of hydrogen-bond acceptors (Lipinski definition) is 3. The molecule has 0 aromatic heterocycles. The Kier molecular flexibility index (Phi) is 6.53. The predicted molar refractivity (Wildman–Crippen MR) is 101 cm³/mol. The second-order valence-electron chi connectivity index (χ2n) is 7.47. The van der Waals surface area contributed by atoms with Crippen LogP contribution < -0.4 is 4.74 Å². The molecule has 0 bridgehead atoms. The van der Waals surface area contributed by atoms with Gasteiger partial charge in [-0.1, -0.05) is 12.1 Å². The highest BCUT2D eigenvalue weighted by atomic mass is 16.5. The van der Waals surface area contributed by atoms with E-state index in [1.54, 1.807) is 7.11 Å². The van der Waals surface area contributed by atoms with Gasteiger partial charge in [0.15, 0.2) is 0 Å². The molecule has 0 aliphatic carbocycles. The first-order valence-electron chi connectivity index (χ1n) is 9.84. The van der Waals surface area contributed by atoms with Crippen molar-refractivity contribution >= 4 is 11.8 Å². The minimum atomic E-state index is 0.203. The third-order valence-corrected chi connectivity index (χ3v) is 5.64. The van der Waals surface area contributed by atoms with Crippen molar-refractivity contribution in [2.24, 2.45) is 5.92 Å². The third kappa shape index (κ3) is 4.99. The molecule has 1 aromatic carbocycles. The fourth-order valence-corrected chi connectivity index (χ4v) is 4.02. The highest BCUT2D eigenvalue weighted by Gasteiger charge is 2.25. The van der Waals surface area contributed by atoms with Crippen molar-refractivity contribution in [2.75, 3.05) is 33.3 Å². The molecule has 2 aliphatic heterocycles. The summed E-state index contributed by atoms with van der Waals surface area (Å²) >= 11 is 0. The van der Waals surface area contributed by atoms with E-state index < -0.39 is 0 Å². The van der Waals surface area contributed by atoms with Crippen molar-refractivity contribution in [3.63, 3.8) is 0 Å². The normalized spacial score (nSPS) is 20.5. The zero-order valence-electron chi connectivity index (χ0n) is 15.8. The smallest absolute Gasteiger partial charge is 0.224 e. The van der Waals surface area contributed by atoms with E-state index in [2.05, 4.69) is 12.1 Å². The lowest BCUT2D eigenvalue weighted by molar-refractivity contribution is -0.134. The molecule has 0 N–H and O–H groups in total. The number of carbonyl (C=O) groups is 2. The van der Waals surface area contributed by atoms with Gasteiger partial charge in [-0.25, -0.2) is 0 Å². The van der Waals surface area contributed by atoms with Crippen LogP contribution in [0.25, 0.3) is 0 Å². The van der Waals surface area contributed by atoms with Crippen LogP contribution in [0.15, 0.2) is 24.3 Å². The van der Waals surface area contributed by atoms with Crippen molar-refractivity contribution in [2.45, 2.75) is 44.9 Å². The number of amides is 2. The lowest BCUT2D eigenvalue weighted by Crippen LogP contribution is -2.41. The summed E-state index contributed by atoms with van der Waals surface area (Å²) in [7, 11) is 1.68. The Morgan fingerprint density at radius 2 is 2.00 bits per heavy atom. The molecule has 3 rings (SSSR count). The van der Waals surface area contributed by atoms with E-state index in [1.165, 1.54) is 12.0 Å². The monoisotopic (exact) mass is 358 g/mol. The summed E-state index contributed by atoms with van der Waals surface area (Å²) in [6, 6.07) is 8.26. The van der Waals surface area contributed by atoms with Crippen LogP contribution in [0.3, 0.4) is 0 Å². The topological polar surface area (TPSA) is 49.9 Å². The second kappa shape index (κ2) is 9.06. The van der Waals surface area contributed by atoms with Crippen LogP contribution in [-0.4, -0.2) is 54.9 Å². The van der Waals surface area contributed by atoms with E-state index in [0.717, 1.165) is 51.1 Å². The van der Waals surface area contributed by atoms with Crippen LogP contribution in [-0.2, 0) is 16.0 Å². The van der Waals surface area contributed by atoms with Crippen molar-refractivity contribution in [3.05, 3.63) is 29.8 Å². The van der Waals surface area contributed by atoms with Crippen LogP contribution in [0.2, 0.25) is 0 Å². The minimum Gasteiger partial charge on any atom is -0.497 e. The van der Waals surface area contributed by atoms with Crippen molar-refractivity contribution in [1.82, 2.24) is 9.80 Å². The summed E-state index contributed by atoms with van der Waals surface area (Å²) in [5.74, 6) is 1.87. The highest BCUT2D eigenvalue weighted by Crippen LogP contribution is 2.23. The maximum Gasteiger partial charge on any atom is 0.224 e. The van der Waals surface area contributed by atoms with Gasteiger partial charge in [-0.05, 0) is 55.7 Å². The molecule has 1 unspecified atom stereocenters. The average Bonchev–Trinajstić information content (AvgIpc) is 3.10. The summed E-state index contributed by atoms with van der Waals surface area (Å²) in [6.45, 7) is 3.13. The Balaban J connectivity index is 1.42. The van der Waals surface area contributed by atoms with E-state index in [4.69, 9.17) is 4.74 Å². The van der Waals surface area contributed by atoms with Gasteiger partial charge in [-0.15, -0.1) is 0 Å². The minimum absolute atomic E-state index is 0.203. The number of aryl methyl sites for hydroxylation is 1. The Hall–Kier alpha value is -2.04. The van der Waals surface area contributed by atoms with E-state index >= 15 is 0 Å². The lowest BCUT2D eigenvalue weighted by atomic mass is 9.91. The fourth-order valence-electron chi connectivity index (χ4n) is 4.02. The van der Waals surface area contributed by atoms with E-state index in [-0.39, 0.29) is 11.8 Å². The zero-order valence-corrected chi connectivity index (χ0v) is 15.8. The van der Waals surface area contributed by atoms with E-state index in [9.17, 15) is 9.59 Å². The predicted octanol–water partition coefficient (Wildman–Crippen LogP) is 2.88. The molecule has 26 heavy (non-hydrogen) atoms. The van der Waals surface area contributed by atoms with Gasteiger partial charge in [-0.2, -0.15) is 0 Å². The van der Waals surface area contributed by atoms with Gasteiger partial charge in [0.1, 0.15) is 5.75 Å². The zero-order chi connectivity index (χ0) is 18.4. The number of benzene rings is 1. The van der Waals surface area contributed by atoms with Crippen molar-refractivity contribution in [3.8, 4) is 5.75 Å². The van der Waals surface area contributed by atoms with Gasteiger partial charge in [0.2, 0.25) is 11.8 Å². The largest absolute Gasteiger partial charge is 0.497 e. The van der Waals surface area contributed by atoms with Gasteiger partial charge in [0, 0.05) is 39.0 Å². The van der Waals surface area contributed by atoms with E-state index in [0.29, 0.717) is 25.3 Å². The molecule has 142 valence electrons. The molecule has 2 fully saturated rings. The molecule has 2 saturated heterocycles. The average molecular weight is 358 g/mol. The van der Waals surface area contributed by atoms with Gasteiger partial charge in [0.05, 0.1) is 7.11 Å². The molecule has 2 aliphatic rings. The van der Waals surface area contributed by atoms with Crippen LogP contribution in [0.5, 0.6) is 5.75 Å².